The second-order valence-corrected chi connectivity index (χ2v) is 4.70. The molecule has 1 aromatic rings. The maximum absolute atomic E-state index is 6.27. The SMILES string of the molecule is CCc1nn(C)c(CNCCCOCCOC)c1Cl. The highest BCUT2D eigenvalue weighted by atomic mass is 35.5. The van der Waals surface area contributed by atoms with E-state index in [0.29, 0.717) is 13.2 Å². The Balaban J connectivity index is 2.17. The Hall–Kier alpha value is -0.620. The highest BCUT2D eigenvalue weighted by molar-refractivity contribution is 6.31. The van der Waals surface area contributed by atoms with Crippen molar-refractivity contribution in [2.75, 3.05) is 33.5 Å². The predicted octanol–water partition coefficient (Wildman–Crippen LogP) is 1.78. The second kappa shape index (κ2) is 9.31. The number of aromatic nitrogens is 2. The maximum Gasteiger partial charge on any atom is 0.0863 e. The van der Waals surface area contributed by atoms with Crippen LogP contribution in [0.2, 0.25) is 5.02 Å². The van der Waals surface area contributed by atoms with Gasteiger partial charge in [-0.15, -0.1) is 0 Å². The molecule has 6 heteroatoms. The van der Waals surface area contributed by atoms with Gasteiger partial charge in [-0.3, -0.25) is 4.68 Å². The largest absolute Gasteiger partial charge is 0.382 e. The predicted molar refractivity (Wildman–Crippen MR) is 76.6 cm³/mol. The lowest BCUT2D eigenvalue weighted by Gasteiger charge is -2.06. The van der Waals surface area contributed by atoms with Gasteiger partial charge in [0.15, 0.2) is 0 Å². The van der Waals surface area contributed by atoms with Gasteiger partial charge in [0, 0.05) is 27.3 Å². The summed E-state index contributed by atoms with van der Waals surface area (Å²) in [4.78, 5) is 0. The normalized spacial score (nSPS) is 11.2. The lowest BCUT2D eigenvalue weighted by Crippen LogP contribution is -2.18. The Morgan fingerprint density at radius 2 is 2.11 bits per heavy atom. The molecule has 19 heavy (non-hydrogen) atoms. The molecule has 0 bridgehead atoms. The molecular weight excluding hydrogens is 266 g/mol. The Labute approximate surface area is 120 Å². The fourth-order valence-corrected chi connectivity index (χ4v) is 2.12. The number of hydrogen-bond acceptors (Lipinski definition) is 4. The Morgan fingerprint density at radius 1 is 1.32 bits per heavy atom. The molecule has 0 aliphatic heterocycles. The molecule has 0 spiro atoms. The third-order valence-electron chi connectivity index (χ3n) is 2.87. The molecule has 0 fully saturated rings. The molecule has 110 valence electrons. The fraction of sp³-hybridized carbons (Fsp3) is 0.769. The van der Waals surface area contributed by atoms with Gasteiger partial charge < -0.3 is 14.8 Å². The third kappa shape index (κ3) is 5.48. The molecule has 0 saturated heterocycles. The monoisotopic (exact) mass is 289 g/mol. The summed E-state index contributed by atoms with van der Waals surface area (Å²) in [7, 11) is 3.60. The number of nitrogens with zero attached hydrogens (tertiary/aromatic N) is 2. The van der Waals surface area contributed by atoms with E-state index in [0.717, 1.165) is 48.9 Å². The first-order chi connectivity index (χ1) is 9.20. The van der Waals surface area contributed by atoms with Crippen LogP contribution < -0.4 is 5.32 Å². The molecule has 0 amide bonds. The molecule has 0 aromatic carbocycles. The van der Waals surface area contributed by atoms with Crippen molar-refractivity contribution < 1.29 is 9.47 Å². The van der Waals surface area contributed by atoms with Crippen molar-refractivity contribution in [1.82, 2.24) is 15.1 Å². The molecule has 0 aliphatic rings. The van der Waals surface area contributed by atoms with Crippen LogP contribution in [-0.4, -0.2) is 43.3 Å². The first-order valence-electron chi connectivity index (χ1n) is 6.68. The molecule has 0 saturated carbocycles. The van der Waals surface area contributed by atoms with E-state index < -0.39 is 0 Å². The first kappa shape index (κ1) is 16.4. The van der Waals surface area contributed by atoms with Crippen molar-refractivity contribution in [2.24, 2.45) is 7.05 Å². The summed E-state index contributed by atoms with van der Waals surface area (Å²) in [5.74, 6) is 0. The van der Waals surface area contributed by atoms with Gasteiger partial charge in [-0.05, 0) is 19.4 Å². The summed E-state index contributed by atoms with van der Waals surface area (Å²) in [5.41, 5.74) is 2.00. The van der Waals surface area contributed by atoms with E-state index in [1.165, 1.54) is 0 Å². The molecule has 5 nitrogen and oxygen atoms in total. The lowest BCUT2D eigenvalue weighted by atomic mass is 10.3. The molecule has 1 aromatic heterocycles. The summed E-state index contributed by atoms with van der Waals surface area (Å²) in [6, 6.07) is 0. The highest BCUT2D eigenvalue weighted by Gasteiger charge is 2.11. The molecule has 0 aliphatic carbocycles. The van der Waals surface area contributed by atoms with Gasteiger partial charge in [0.1, 0.15) is 0 Å². The quantitative estimate of drug-likeness (QED) is 0.667. The van der Waals surface area contributed by atoms with Gasteiger partial charge in [-0.1, -0.05) is 18.5 Å². The molecule has 0 unspecified atom stereocenters. The van der Waals surface area contributed by atoms with Crippen molar-refractivity contribution in [1.29, 1.82) is 0 Å². The van der Waals surface area contributed by atoms with Crippen LogP contribution in [0.5, 0.6) is 0 Å². The first-order valence-corrected chi connectivity index (χ1v) is 7.06. The number of aryl methyl sites for hydroxylation is 2. The van der Waals surface area contributed by atoms with E-state index in [9.17, 15) is 0 Å². The second-order valence-electron chi connectivity index (χ2n) is 4.32. The van der Waals surface area contributed by atoms with E-state index in [4.69, 9.17) is 21.1 Å². The molecule has 1 N–H and O–H groups in total. The van der Waals surface area contributed by atoms with Crippen LogP contribution in [0.4, 0.5) is 0 Å². The molecule has 0 atom stereocenters. The van der Waals surface area contributed by atoms with Crippen LogP contribution >= 0.6 is 11.6 Å². The van der Waals surface area contributed by atoms with Crippen molar-refractivity contribution in [3.63, 3.8) is 0 Å². The van der Waals surface area contributed by atoms with Gasteiger partial charge >= 0.3 is 0 Å². The summed E-state index contributed by atoms with van der Waals surface area (Å²) in [5, 5.41) is 8.52. The van der Waals surface area contributed by atoms with Crippen LogP contribution in [0.1, 0.15) is 24.7 Å². The minimum Gasteiger partial charge on any atom is -0.382 e. The van der Waals surface area contributed by atoms with E-state index in [-0.39, 0.29) is 0 Å². The zero-order chi connectivity index (χ0) is 14.1. The molecule has 1 rings (SSSR count). The lowest BCUT2D eigenvalue weighted by molar-refractivity contribution is 0.0694. The minimum absolute atomic E-state index is 0.651. The zero-order valence-electron chi connectivity index (χ0n) is 12.0. The average Bonchev–Trinajstić information content (AvgIpc) is 2.68. The van der Waals surface area contributed by atoms with Crippen LogP contribution in [0.3, 0.4) is 0 Å². The number of hydrogen-bond donors (Lipinski definition) is 1. The van der Waals surface area contributed by atoms with E-state index in [2.05, 4.69) is 17.3 Å². The van der Waals surface area contributed by atoms with E-state index >= 15 is 0 Å². The van der Waals surface area contributed by atoms with Gasteiger partial charge in [0.25, 0.3) is 0 Å². The number of methoxy groups -OCH3 is 1. The van der Waals surface area contributed by atoms with Crippen molar-refractivity contribution in [3.8, 4) is 0 Å². The maximum atomic E-state index is 6.27. The summed E-state index contributed by atoms with van der Waals surface area (Å²) in [6.45, 7) is 5.75. The summed E-state index contributed by atoms with van der Waals surface area (Å²) >= 11 is 6.27. The van der Waals surface area contributed by atoms with E-state index in [1.807, 2.05) is 11.7 Å². The smallest absolute Gasteiger partial charge is 0.0863 e. The molecular formula is C13H24ClN3O2. The van der Waals surface area contributed by atoms with Crippen molar-refractivity contribution in [3.05, 3.63) is 16.4 Å². The van der Waals surface area contributed by atoms with Crippen molar-refractivity contribution in [2.45, 2.75) is 26.3 Å². The van der Waals surface area contributed by atoms with Crippen molar-refractivity contribution >= 4 is 11.6 Å². The highest BCUT2D eigenvalue weighted by Crippen LogP contribution is 2.20. The summed E-state index contributed by atoms with van der Waals surface area (Å²) < 4.78 is 12.1. The number of ether oxygens (including phenoxy) is 2. The third-order valence-corrected chi connectivity index (χ3v) is 3.31. The average molecular weight is 290 g/mol. The Morgan fingerprint density at radius 3 is 2.74 bits per heavy atom. The summed E-state index contributed by atoms with van der Waals surface area (Å²) in [6.07, 6.45) is 1.83. The van der Waals surface area contributed by atoms with Crippen LogP contribution in [0, 0.1) is 0 Å². The van der Waals surface area contributed by atoms with Gasteiger partial charge in [0.2, 0.25) is 0 Å². The fourth-order valence-electron chi connectivity index (χ4n) is 1.76. The van der Waals surface area contributed by atoms with E-state index in [1.54, 1.807) is 7.11 Å². The number of halogens is 1. The Bertz CT molecular complexity index is 369. The number of nitrogens with one attached hydrogen (secondary N) is 1. The van der Waals surface area contributed by atoms with Crippen LogP contribution in [0.15, 0.2) is 0 Å². The zero-order valence-corrected chi connectivity index (χ0v) is 12.8. The minimum atomic E-state index is 0.651. The van der Waals surface area contributed by atoms with Crippen LogP contribution in [-0.2, 0) is 29.5 Å². The van der Waals surface area contributed by atoms with Crippen LogP contribution in [0.25, 0.3) is 0 Å². The topological polar surface area (TPSA) is 48.3 Å². The standard InChI is InChI=1S/C13H24ClN3O2/c1-4-11-13(14)12(17(2)16-11)10-15-6-5-7-19-9-8-18-3/h15H,4-10H2,1-3H3. The molecule has 1 heterocycles. The Kier molecular flexibility index (Phi) is 8.05. The molecule has 0 radical (unpaired) electrons. The van der Waals surface area contributed by atoms with Gasteiger partial charge in [-0.2, -0.15) is 5.10 Å². The number of rotatable bonds is 10. The van der Waals surface area contributed by atoms with Gasteiger partial charge in [-0.25, -0.2) is 0 Å². The van der Waals surface area contributed by atoms with Gasteiger partial charge in [0.05, 0.1) is 29.6 Å².